The van der Waals surface area contributed by atoms with E-state index in [-0.39, 0.29) is 37.3 Å². The van der Waals surface area contributed by atoms with Crippen molar-refractivity contribution in [2.45, 2.75) is 43.3 Å². The van der Waals surface area contributed by atoms with E-state index in [1.54, 1.807) is 26.2 Å². The third kappa shape index (κ3) is 3.96. The number of hydrogen-bond donors (Lipinski definition) is 3. The molecule has 4 heterocycles. The van der Waals surface area contributed by atoms with Gasteiger partial charge in [-0.15, -0.1) is 0 Å². The molecule has 190 valence electrons. The second-order valence-electron chi connectivity index (χ2n) is 9.52. The van der Waals surface area contributed by atoms with Crippen LogP contribution in [0.4, 0.5) is 10.2 Å². The van der Waals surface area contributed by atoms with Gasteiger partial charge in [0.05, 0.1) is 29.8 Å². The van der Waals surface area contributed by atoms with Crippen LogP contribution in [0.5, 0.6) is 6.01 Å². The minimum Gasteiger partial charge on any atom is -0.456 e. The van der Waals surface area contributed by atoms with E-state index in [1.165, 1.54) is 11.0 Å². The number of fused-ring (bicyclic) bond motifs is 3. The van der Waals surface area contributed by atoms with E-state index in [0.717, 1.165) is 5.56 Å². The number of benzene rings is 1. The first-order valence-electron chi connectivity index (χ1n) is 11.7. The molecule has 0 spiro atoms. The summed E-state index contributed by atoms with van der Waals surface area (Å²) >= 11 is 6.49. The first kappa shape index (κ1) is 23.4. The Balaban J connectivity index is 1.22. The molecule has 5 atom stereocenters. The van der Waals surface area contributed by atoms with E-state index in [0.29, 0.717) is 46.0 Å². The zero-order valence-electron chi connectivity index (χ0n) is 19.6. The molecule has 3 aliphatic rings. The fourth-order valence-corrected chi connectivity index (χ4v) is 5.35. The van der Waals surface area contributed by atoms with E-state index < -0.39 is 24.1 Å². The molecule has 1 aliphatic carbocycles. The summed E-state index contributed by atoms with van der Waals surface area (Å²) in [7, 11) is 3.27. The van der Waals surface area contributed by atoms with E-state index in [4.69, 9.17) is 25.8 Å². The molecule has 1 unspecified atom stereocenters. The van der Waals surface area contributed by atoms with Crippen molar-refractivity contribution >= 4 is 34.5 Å². The number of pyridine rings is 1. The molecule has 2 fully saturated rings. The maximum absolute atomic E-state index is 15.1. The summed E-state index contributed by atoms with van der Waals surface area (Å²) in [4.78, 5) is 25.7. The Kier molecular flexibility index (Phi) is 5.75. The minimum atomic E-state index is -0.668. The summed E-state index contributed by atoms with van der Waals surface area (Å²) in [5.74, 6) is -0.300. The van der Waals surface area contributed by atoms with E-state index in [9.17, 15) is 9.90 Å². The quantitative estimate of drug-likeness (QED) is 0.472. The van der Waals surface area contributed by atoms with Gasteiger partial charge in [-0.05, 0) is 36.6 Å². The van der Waals surface area contributed by atoms with Crippen LogP contribution in [0.1, 0.15) is 33.9 Å². The predicted molar refractivity (Wildman–Crippen MR) is 128 cm³/mol. The first-order chi connectivity index (χ1) is 17.3. The fraction of sp³-hybridized carbons (Fsp3) is 0.458. The van der Waals surface area contributed by atoms with Crippen LogP contribution in [0.3, 0.4) is 0 Å². The second-order valence-corrected chi connectivity index (χ2v) is 9.92. The highest BCUT2D eigenvalue weighted by molar-refractivity contribution is 6.33. The zero-order valence-corrected chi connectivity index (χ0v) is 20.4. The van der Waals surface area contributed by atoms with Crippen molar-refractivity contribution in [1.29, 1.82) is 0 Å². The standard InChI is InChI=1S/C24H25ClFN5O5/c1-31(2)23(33)11-5-10-3-4-14(18(10)13(26)6-11)27-21-12(25)7-15-22(29-21)30-24(28-15)36-17-9-35-19-16(32)8-34-20(17)19/h5-7,14,16-17,19-20,32H,3-4,8-9H2,1-2H3,(H2,27,28,29,30)/t14-,16+,17+,19?,20+/m0/s1. The van der Waals surface area contributed by atoms with Crippen LogP contribution in [-0.2, 0) is 15.9 Å². The molecule has 2 saturated heterocycles. The largest absolute Gasteiger partial charge is 0.456 e. The number of aromatic nitrogens is 3. The number of aryl methyl sites for hydroxylation is 1. The molecular formula is C24H25ClFN5O5. The van der Waals surface area contributed by atoms with Crippen LogP contribution in [0.2, 0.25) is 5.02 Å². The van der Waals surface area contributed by atoms with Crippen LogP contribution in [0, 0.1) is 5.82 Å². The monoisotopic (exact) mass is 517 g/mol. The number of imidazole rings is 1. The number of anilines is 1. The molecule has 3 N–H and O–H groups in total. The highest BCUT2D eigenvalue weighted by atomic mass is 35.5. The summed E-state index contributed by atoms with van der Waals surface area (Å²) in [5, 5.41) is 13.5. The van der Waals surface area contributed by atoms with Gasteiger partial charge in [0.15, 0.2) is 11.8 Å². The molecule has 6 rings (SSSR count). The smallest absolute Gasteiger partial charge is 0.296 e. The van der Waals surface area contributed by atoms with Gasteiger partial charge in [-0.25, -0.2) is 9.37 Å². The van der Waals surface area contributed by atoms with Gasteiger partial charge < -0.3 is 34.5 Å². The molecule has 36 heavy (non-hydrogen) atoms. The van der Waals surface area contributed by atoms with Gasteiger partial charge in [0, 0.05) is 25.2 Å². The zero-order chi connectivity index (χ0) is 25.1. The highest BCUT2D eigenvalue weighted by Crippen LogP contribution is 2.38. The number of aliphatic hydroxyl groups is 1. The van der Waals surface area contributed by atoms with Crippen molar-refractivity contribution in [3.05, 3.63) is 45.7 Å². The number of nitrogens with one attached hydrogen (secondary N) is 2. The number of hydrogen-bond acceptors (Lipinski definition) is 8. The van der Waals surface area contributed by atoms with Crippen molar-refractivity contribution in [3.63, 3.8) is 0 Å². The molecule has 12 heteroatoms. The Morgan fingerprint density at radius 3 is 2.86 bits per heavy atom. The lowest BCUT2D eigenvalue weighted by Gasteiger charge is -2.17. The lowest BCUT2D eigenvalue weighted by molar-refractivity contribution is 0.00706. The van der Waals surface area contributed by atoms with Crippen molar-refractivity contribution in [1.82, 2.24) is 19.9 Å². The number of amides is 1. The number of H-pyrrole nitrogens is 1. The number of rotatable bonds is 5. The lowest BCUT2D eigenvalue weighted by atomic mass is 10.0. The Morgan fingerprint density at radius 2 is 2.06 bits per heavy atom. The lowest BCUT2D eigenvalue weighted by Crippen LogP contribution is -2.34. The highest BCUT2D eigenvalue weighted by Gasteiger charge is 2.48. The number of aromatic amines is 1. The van der Waals surface area contributed by atoms with Crippen molar-refractivity contribution in [2.24, 2.45) is 0 Å². The maximum Gasteiger partial charge on any atom is 0.296 e. The van der Waals surface area contributed by atoms with E-state index in [1.807, 2.05) is 0 Å². The number of nitrogens with zero attached hydrogens (tertiary/aromatic N) is 3. The number of halogens is 2. The summed E-state index contributed by atoms with van der Waals surface area (Å²) in [6.45, 7) is 0.485. The van der Waals surface area contributed by atoms with Gasteiger partial charge >= 0.3 is 0 Å². The second kappa shape index (κ2) is 8.84. The van der Waals surface area contributed by atoms with Crippen LogP contribution in [0.15, 0.2) is 18.2 Å². The Bertz CT molecular complexity index is 1350. The van der Waals surface area contributed by atoms with Gasteiger partial charge in [-0.3, -0.25) is 4.79 Å². The number of aliphatic hydroxyl groups excluding tert-OH is 1. The fourth-order valence-electron chi connectivity index (χ4n) is 5.15. The Morgan fingerprint density at radius 1 is 1.25 bits per heavy atom. The van der Waals surface area contributed by atoms with Gasteiger partial charge in [0.1, 0.15) is 29.9 Å². The van der Waals surface area contributed by atoms with Crippen molar-refractivity contribution < 1.29 is 28.5 Å². The van der Waals surface area contributed by atoms with Crippen LogP contribution < -0.4 is 10.1 Å². The third-order valence-corrected chi connectivity index (χ3v) is 7.17. The SMILES string of the molecule is CN(C)C(=O)c1cc(F)c2c(c1)CC[C@@H]2Nc1nc2nc(O[C@@H]3COC4[C@H](O)CO[C@@H]43)[nH]c2cc1Cl. The average molecular weight is 518 g/mol. The third-order valence-electron chi connectivity index (χ3n) is 6.88. The number of carbonyl (C=O) groups excluding carboxylic acids is 1. The van der Waals surface area contributed by atoms with E-state index >= 15 is 4.39 Å². The average Bonchev–Trinajstić information content (AvgIpc) is 3.60. The van der Waals surface area contributed by atoms with Crippen LogP contribution in [0.25, 0.3) is 11.2 Å². The molecule has 1 aromatic carbocycles. The van der Waals surface area contributed by atoms with Crippen LogP contribution >= 0.6 is 11.6 Å². The molecule has 2 aliphatic heterocycles. The van der Waals surface area contributed by atoms with Gasteiger partial charge in [0.2, 0.25) is 0 Å². The molecule has 10 nitrogen and oxygen atoms in total. The molecule has 3 aromatic rings. The molecule has 0 saturated carbocycles. The molecule has 1 amide bonds. The van der Waals surface area contributed by atoms with Crippen LogP contribution in [-0.4, -0.2) is 82.6 Å². The Labute approximate surface area is 210 Å². The minimum absolute atomic E-state index is 0.208. The summed E-state index contributed by atoms with van der Waals surface area (Å²) in [5.41, 5.74) is 2.60. The maximum atomic E-state index is 15.1. The Hall–Kier alpha value is -2.99. The summed E-state index contributed by atoms with van der Waals surface area (Å²) in [6, 6.07) is 4.60. The van der Waals surface area contributed by atoms with Crippen molar-refractivity contribution in [3.8, 4) is 6.01 Å². The normalized spacial score (nSPS) is 26.8. The summed E-state index contributed by atoms with van der Waals surface area (Å²) < 4.78 is 32.2. The number of carbonyl (C=O) groups is 1. The molecular weight excluding hydrogens is 493 g/mol. The molecule has 0 bridgehead atoms. The summed E-state index contributed by atoms with van der Waals surface area (Å²) in [6.07, 6.45) is -0.599. The van der Waals surface area contributed by atoms with Crippen molar-refractivity contribution in [2.75, 3.05) is 32.6 Å². The molecule has 2 aromatic heterocycles. The predicted octanol–water partition coefficient (Wildman–Crippen LogP) is 2.46. The van der Waals surface area contributed by atoms with Gasteiger partial charge in [0.25, 0.3) is 11.9 Å². The van der Waals surface area contributed by atoms with Gasteiger partial charge in [-0.1, -0.05) is 11.6 Å². The first-order valence-corrected chi connectivity index (χ1v) is 12.1. The van der Waals surface area contributed by atoms with Gasteiger partial charge in [-0.2, -0.15) is 4.98 Å². The number of ether oxygens (including phenoxy) is 3. The molecule has 0 radical (unpaired) electrons. The van der Waals surface area contributed by atoms with E-state index in [2.05, 4.69) is 20.3 Å². The topological polar surface area (TPSA) is 122 Å².